The summed E-state index contributed by atoms with van der Waals surface area (Å²) in [5, 5.41) is 2.80. The highest BCUT2D eigenvalue weighted by Gasteiger charge is 2.28. The Kier molecular flexibility index (Phi) is 6.65. The molecule has 0 atom stereocenters. The van der Waals surface area contributed by atoms with Crippen LogP contribution in [0.5, 0.6) is 0 Å². The van der Waals surface area contributed by atoms with E-state index in [0.29, 0.717) is 37.3 Å². The molecule has 1 amide bonds. The van der Waals surface area contributed by atoms with Crippen LogP contribution >= 0.6 is 12.4 Å². The zero-order valence-electron chi connectivity index (χ0n) is 12.5. The lowest BCUT2D eigenvalue weighted by Gasteiger charge is -2.18. The van der Waals surface area contributed by atoms with Gasteiger partial charge in [0.25, 0.3) is 5.91 Å². The fourth-order valence-corrected chi connectivity index (χ4v) is 3.94. The lowest BCUT2D eigenvalue weighted by molar-refractivity contribution is 0.0953. The molecule has 6 nitrogen and oxygen atoms in total. The van der Waals surface area contributed by atoms with E-state index in [2.05, 4.69) is 5.32 Å². The summed E-state index contributed by atoms with van der Waals surface area (Å²) >= 11 is 0. The Morgan fingerprint density at radius 1 is 1.41 bits per heavy atom. The van der Waals surface area contributed by atoms with E-state index in [4.69, 9.17) is 5.73 Å². The first-order valence-corrected chi connectivity index (χ1v) is 8.66. The molecule has 0 unspecified atom stereocenters. The molecule has 0 aromatic heterocycles. The van der Waals surface area contributed by atoms with Crippen molar-refractivity contribution in [2.45, 2.75) is 19.8 Å². The van der Waals surface area contributed by atoms with Gasteiger partial charge in [0.1, 0.15) is 0 Å². The fraction of sp³-hybridized carbons (Fsp3) is 0.500. The van der Waals surface area contributed by atoms with Gasteiger partial charge in [-0.15, -0.1) is 12.4 Å². The number of nitrogens with one attached hydrogen (secondary N) is 1. The Morgan fingerprint density at radius 3 is 2.68 bits per heavy atom. The topological polar surface area (TPSA) is 92.5 Å². The second-order valence-corrected chi connectivity index (χ2v) is 7.15. The average molecular weight is 348 g/mol. The number of rotatable bonds is 5. The number of anilines is 1. The van der Waals surface area contributed by atoms with Gasteiger partial charge in [0.05, 0.1) is 11.4 Å². The summed E-state index contributed by atoms with van der Waals surface area (Å²) in [6, 6.07) is 5.12. The summed E-state index contributed by atoms with van der Waals surface area (Å²) in [7, 11) is -3.19. The Balaban J connectivity index is 0.00000242. The van der Waals surface area contributed by atoms with Crippen LogP contribution in [0.25, 0.3) is 0 Å². The molecule has 0 saturated carbocycles. The molecule has 22 heavy (non-hydrogen) atoms. The molecule has 2 rings (SSSR count). The molecule has 1 saturated heterocycles. The van der Waals surface area contributed by atoms with Crippen molar-refractivity contribution in [1.82, 2.24) is 5.32 Å². The molecule has 124 valence electrons. The third kappa shape index (κ3) is 4.12. The maximum absolute atomic E-state index is 12.0. The van der Waals surface area contributed by atoms with Gasteiger partial charge < -0.3 is 11.1 Å². The SMILES string of the molecule is Cc1cc(N2CCCS2(=O)=O)ccc1C(=O)NCCCN.Cl. The number of nitrogens with zero attached hydrogens (tertiary/aromatic N) is 1. The minimum Gasteiger partial charge on any atom is -0.352 e. The van der Waals surface area contributed by atoms with E-state index in [1.54, 1.807) is 18.2 Å². The van der Waals surface area contributed by atoms with Crippen LogP contribution in [0.3, 0.4) is 0 Å². The molecule has 0 bridgehead atoms. The van der Waals surface area contributed by atoms with Gasteiger partial charge in [-0.05, 0) is 50.1 Å². The zero-order valence-corrected chi connectivity index (χ0v) is 14.2. The summed E-state index contributed by atoms with van der Waals surface area (Å²) in [4.78, 5) is 12.0. The monoisotopic (exact) mass is 347 g/mol. The maximum atomic E-state index is 12.0. The van der Waals surface area contributed by atoms with Gasteiger partial charge in [-0.3, -0.25) is 9.10 Å². The Bertz CT molecular complexity index is 634. The van der Waals surface area contributed by atoms with Gasteiger partial charge in [-0.1, -0.05) is 0 Å². The van der Waals surface area contributed by atoms with E-state index in [1.807, 2.05) is 6.92 Å². The molecular weight excluding hydrogens is 326 g/mol. The molecule has 0 spiro atoms. The molecule has 8 heteroatoms. The highest BCUT2D eigenvalue weighted by atomic mass is 35.5. The summed E-state index contributed by atoms with van der Waals surface area (Å²) in [6.45, 7) is 3.38. The van der Waals surface area contributed by atoms with Crippen molar-refractivity contribution in [2.24, 2.45) is 5.73 Å². The van der Waals surface area contributed by atoms with Gasteiger partial charge in [0.15, 0.2) is 0 Å². The van der Waals surface area contributed by atoms with Crippen LogP contribution in [0.4, 0.5) is 5.69 Å². The zero-order chi connectivity index (χ0) is 15.5. The van der Waals surface area contributed by atoms with Crippen LogP contribution in [0.1, 0.15) is 28.8 Å². The van der Waals surface area contributed by atoms with Crippen LogP contribution < -0.4 is 15.4 Å². The number of sulfonamides is 1. The first kappa shape index (κ1) is 18.7. The minimum absolute atomic E-state index is 0. The first-order chi connectivity index (χ1) is 9.95. The van der Waals surface area contributed by atoms with Gasteiger partial charge >= 0.3 is 0 Å². The van der Waals surface area contributed by atoms with Gasteiger partial charge in [0, 0.05) is 18.7 Å². The third-order valence-corrected chi connectivity index (χ3v) is 5.38. The Labute approximate surface area is 137 Å². The molecule has 0 radical (unpaired) electrons. The molecule has 1 heterocycles. The summed E-state index contributed by atoms with van der Waals surface area (Å²) in [6.07, 6.45) is 1.37. The summed E-state index contributed by atoms with van der Waals surface area (Å²) < 4.78 is 25.2. The van der Waals surface area contributed by atoms with Crippen LogP contribution in [0.2, 0.25) is 0 Å². The molecule has 1 aliphatic heterocycles. The number of halogens is 1. The second-order valence-electron chi connectivity index (χ2n) is 5.14. The molecule has 1 aromatic rings. The van der Waals surface area contributed by atoms with Gasteiger partial charge in [-0.2, -0.15) is 0 Å². The van der Waals surface area contributed by atoms with Crippen LogP contribution in [-0.2, 0) is 10.0 Å². The molecule has 0 aliphatic carbocycles. The Morgan fingerprint density at radius 2 is 2.14 bits per heavy atom. The highest BCUT2D eigenvalue weighted by Crippen LogP contribution is 2.26. The van der Waals surface area contributed by atoms with Crippen LogP contribution in [0, 0.1) is 6.92 Å². The lowest BCUT2D eigenvalue weighted by atomic mass is 10.1. The average Bonchev–Trinajstić information content (AvgIpc) is 2.78. The fourth-order valence-electron chi connectivity index (χ4n) is 2.39. The quantitative estimate of drug-likeness (QED) is 0.778. The number of carbonyl (C=O) groups is 1. The molecule has 1 aliphatic rings. The van der Waals surface area contributed by atoms with Gasteiger partial charge in [-0.25, -0.2) is 8.42 Å². The normalized spacial score (nSPS) is 16.2. The first-order valence-electron chi connectivity index (χ1n) is 7.05. The summed E-state index contributed by atoms with van der Waals surface area (Å²) in [5.41, 5.74) is 7.34. The van der Waals surface area contributed by atoms with Crippen molar-refractivity contribution in [2.75, 3.05) is 29.7 Å². The number of hydrogen-bond donors (Lipinski definition) is 2. The smallest absolute Gasteiger partial charge is 0.251 e. The van der Waals surface area contributed by atoms with E-state index in [9.17, 15) is 13.2 Å². The number of benzene rings is 1. The highest BCUT2D eigenvalue weighted by molar-refractivity contribution is 7.93. The number of carbonyl (C=O) groups excluding carboxylic acids is 1. The van der Waals surface area contributed by atoms with Crippen molar-refractivity contribution < 1.29 is 13.2 Å². The number of amides is 1. The standard InChI is InChI=1S/C14H21N3O3S.ClH/c1-11-10-12(17-8-3-9-21(17,19)20)4-5-13(11)14(18)16-7-2-6-15;/h4-5,10H,2-3,6-9,15H2,1H3,(H,16,18);1H. The van der Waals surface area contributed by atoms with Crippen molar-refractivity contribution in [3.63, 3.8) is 0 Å². The lowest BCUT2D eigenvalue weighted by Crippen LogP contribution is -2.27. The van der Waals surface area contributed by atoms with Crippen molar-refractivity contribution >= 4 is 34.0 Å². The van der Waals surface area contributed by atoms with E-state index in [-0.39, 0.29) is 24.1 Å². The van der Waals surface area contributed by atoms with E-state index in [1.165, 1.54) is 4.31 Å². The van der Waals surface area contributed by atoms with Gasteiger partial charge in [0.2, 0.25) is 10.0 Å². The molecule has 1 fully saturated rings. The number of hydrogen-bond acceptors (Lipinski definition) is 4. The van der Waals surface area contributed by atoms with E-state index >= 15 is 0 Å². The Hall–Kier alpha value is -1.31. The number of nitrogens with two attached hydrogens (primary N) is 1. The maximum Gasteiger partial charge on any atom is 0.251 e. The predicted octanol–water partition coefficient (Wildman–Crippen LogP) is 1.04. The molecule has 3 N–H and O–H groups in total. The van der Waals surface area contributed by atoms with Crippen LogP contribution in [0.15, 0.2) is 18.2 Å². The second kappa shape index (κ2) is 7.80. The largest absolute Gasteiger partial charge is 0.352 e. The molecular formula is C14H22ClN3O3S. The van der Waals surface area contributed by atoms with Crippen molar-refractivity contribution in [3.05, 3.63) is 29.3 Å². The van der Waals surface area contributed by atoms with Crippen molar-refractivity contribution in [1.29, 1.82) is 0 Å². The third-order valence-electron chi connectivity index (χ3n) is 3.51. The van der Waals surface area contributed by atoms with Crippen LogP contribution in [-0.4, -0.2) is 39.7 Å². The predicted molar refractivity (Wildman–Crippen MR) is 90.2 cm³/mol. The van der Waals surface area contributed by atoms with Crippen molar-refractivity contribution in [3.8, 4) is 0 Å². The summed E-state index contributed by atoms with van der Waals surface area (Å²) in [5.74, 6) is 0.0321. The minimum atomic E-state index is -3.19. The number of aryl methyl sites for hydroxylation is 1. The molecule has 1 aromatic carbocycles. The van der Waals surface area contributed by atoms with E-state index < -0.39 is 10.0 Å². The van der Waals surface area contributed by atoms with E-state index in [0.717, 1.165) is 12.0 Å².